The van der Waals surface area contributed by atoms with Crippen LogP contribution in [-0.4, -0.2) is 69.3 Å². The van der Waals surface area contributed by atoms with Crippen molar-refractivity contribution in [2.24, 2.45) is 5.92 Å². The van der Waals surface area contributed by atoms with Crippen molar-refractivity contribution >= 4 is 29.8 Å². The Kier molecular flexibility index (Phi) is 11.2. The average molecular weight is 403 g/mol. The van der Waals surface area contributed by atoms with Gasteiger partial charge in [0.1, 0.15) is 18.1 Å². The van der Waals surface area contributed by atoms with Gasteiger partial charge in [0, 0.05) is 0 Å². The smallest absolute Gasteiger partial charge is 0.329 e. The number of carbonyl (C=O) groups is 5. The monoisotopic (exact) mass is 403 g/mol. The first-order valence-corrected chi connectivity index (χ1v) is 8.70. The van der Waals surface area contributed by atoms with Gasteiger partial charge in [-0.1, -0.05) is 20.3 Å². The lowest BCUT2D eigenvalue weighted by Crippen LogP contribution is -2.55. The van der Waals surface area contributed by atoms with Gasteiger partial charge in [-0.25, -0.2) is 14.4 Å². The number of methoxy groups -OCH3 is 3. The summed E-state index contributed by atoms with van der Waals surface area (Å²) in [7, 11) is 3.45. The molecule has 0 radical (unpaired) electrons. The number of esters is 3. The van der Waals surface area contributed by atoms with E-state index < -0.39 is 54.4 Å². The number of rotatable bonds is 10. The molecule has 0 aliphatic heterocycles. The Morgan fingerprint density at radius 2 is 1.39 bits per heavy atom. The molecule has 11 heteroatoms. The van der Waals surface area contributed by atoms with Crippen molar-refractivity contribution in [3.8, 4) is 0 Å². The maximum Gasteiger partial charge on any atom is 0.329 e. The molecule has 0 aliphatic rings. The molecule has 0 bridgehead atoms. The zero-order valence-electron chi connectivity index (χ0n) is 17.0. The molecule has 0 aromatic heterocycles. The molecule has 0 aromatic carbocycles. The summed E-state index contributed by atoms with van der Waals surface area (Å²) in [6.45, 7) is 5.03. The van der Waals surface area contributed by atoms with Crippen LogP contribution in [0.3, 0.4) is 0 Å². The van der Waals surface area contributed by atoms with E-state index in [0.29, 0.717) is 6.42 Å². The van der Waals surface area contributed by atoms with Gasteiger partial charge in [-0.05, 0) is 12.8 Å². The molecule has 0 heterocycles. The fraction of sp³-hybridized carbons (Fsp3) is 0.706. The summed E-state index contributed by atoms with van der Waals surface area (Å²) < 4.78 is 13.7. The highest BCUT2D eigenvalue weighted by Crippen LogP contribution is 2.09. The number of amides is 3. The van der Waals surface area contributed by atoms with Gasteiger partial charge in [0.2, 0.25) is 5.91 Å². The number of urea groups is 1. The van der Waals surface area contributed by atoms with E-state index in [0.717, 1.165) is 14.2 Å². The molecule has 0 aliphatic carbocycles. The first kappa shape index (κ1) is 25.1. The SMILES string of the molecule is CCC(C)[C@H](NC(=O)[C@H](C)NC(=O)N[C@H](CC(=O)OC)C(=O)OC)C(=O)OC. The highest BCUT2D eigenvalue weighted by molar-refractivity contribution is 5.92. The number of carbonyl (C=O) groups excluding carboxylic acids is 5. The van der Waals surface area contributed by atoms with Gasteiger partial charge >= 0.3 is 23.9 Å². The zero-order chi connectivity index (χ0) is 21.9. The number of nitrogens with one attached hydrogen (secondary N) is 3. The summed E-state index contributed by atoms with van der Waals surface area (Å²) in [4.78, 5) is 59.2. The third kappa shape index (κ3) is 8.23. The van der Waals surface area contributed by atoms with E-state index in [1.54, 1.807) is 6.92 Å². The lowest BCUT2D eigenvalue weighted by Gasteiger charge is -2.24. The highest BCUT2D eigenvalue weighted by atomic mass is 16.5. The summed E-state index contributed by atoms with van der Waals surface area (Å²) in [5, 5.41) is 7.10. The number of hydrogen-bond donors (Lipinski definition) is 3. The lowest BCUT2D eigenvalue weighted by molar-refractivity contribution is -0.149. The van der Waals surface area contributed by atoms with Gasteiger partial charge in [0.05, 0.1) is 27.8 Å². The minimum absolute atomic E-state index is 0.179. The Bertz CT molecular complexity index is 581. The minimum atomic E-state index is -1.28. The van der Waals surface area contributed by atoms with Crippen molar-refractivity contribution in [1.82, 2.24) is 16.0 Å². The molecule has 3 amide bonds. The average Bonchev–Trinajstić information content (AvgIpc) is 2.68. The molecular formula is C17H29N3O8. The van der Waals surface area contributed by atoms with Gasteiger partial charge in [-0.3, -0.25) is 9.59 Å². The van der Waals surface area contributed by atoms with Crippen molar-refractivity contribution < 1.29 is 38.2 Å². The lowest BCUT2D eigenvalue weighted by atomic mass is 9.99. The van der Waals surface area contributed by atoms with Crippen LogP contribution in [0.2, 0.25) is 0 Å². The Balaban J connectivity index is 4.92. The third-order valence-corrected chi connectivity index (χ3v) is 4.10. The van der Waals surface area contributed by atoms with Crippen LogP contribution in [0.1, 0.15) is 33.6 Å². The van der Waals surface area contributed by atoms with Gasteiger partial charge in [0.15, 0.2) is 0 Å². The van der Waals surface area contributed by atoms with Gasteiger partial charge < -0.3 is 30.2 Å². The van der Waals surface area contributed by atoms with Crippen molar-refractivity contribution in [2.75, 3.05) is 21.3 Å². The molecule has 1 unspecified atom stereocenters. The Hall–Kier alpha value is -2.85. The second kappa shape index (κ2) is 12.5. The van der Waals surface area contributed by atoms with Gasteiger partial charge in [-0.15, -0.1) is 0 Å². The van der Waals surface area contributed by atoms with E-state index >= 15 is 0 Å². The quantitative estimate of drug-likeness (QED) is 0.326. The molecule has 0 saturated heterocycles. The zero-order valence-corrected chi connectivity index (χ0v) is 17.0. The minimum Gasteiger partial charge on any atom is -0.469 e. The molecule has 0 spiro atoms. The van der Waals surface area contributed by atoms with Crippen LogP contribution in [0.5, 0.6) is 0 Å². The van der Waals surface area contributed by atoms with Crippen LogP contribution in [0.15, 0.2) is 0 Å². The first-order valence-electron chi connectivity index (χ1n) is 8.70. The van der Waals surface area contributed by atoms with Gasteiger partial charge in [-0.2, -0.15) is 0 Å². The molecule has 11 nitrogen and oxygen atoms in total. The predicted molar refractivity (Wildman–Crippen MR) is 97.0 cm³/mol. The third-order valence-electron chi connectivity index (χ3n) is 4.10. The van der Waals surface area contributed by atoms with E-state index in [4.69, 9.17) is 0 Å². The molecule has 160 valence electrons. The molecule has 0 saturated carbocycles. The standard InChI is InChI=1S/C17H29N3O8/c1-7-9(2)13(16(24)28-6)20-14(22)10(3)18-17(25)19-11(15(23)27-5)8-12(21)26-4/h9-11,13H,7-8H2,1-6H3,(H,20,22)(H2,18,19,25)/t9?,10-,11+,13-/m0/s1. The van der Waals surface area contributed by atoms with Crippen LogP contribution in [0, 0.1) is 5.92 Å². The van der Waals surface area contributed by atoms with E-state index in [-0.39, 0.29) is 5.92 Å². The maximum atomic E-state index is 12.3. The normalized spacial score (nSPS) is 14.5. The highest BCUT2D eigenvalue weighted by Gasteiger charge is 2.30. The van der Waals surface area contributed by atoms with Gasteiger partial charge in [0.25, 0.3) is 0 Å². The fourth-order valence-corrected chi connectivity index (χ4v) is 2.12. The van der Waals surface area contributed by atoms with Crippen LogP contribution < -0.4 is 16.0 Å². The van der Waals surface area contributed by atoms with Crippen LogP contribution in [0.4, 0.5) is 4.79 Å². The summed E-state index contributed by atoms with van der Waals surface area (Å²) in [6.07, 6.45) is 0.187. The molecule has 28 heavy (non-hydrogen) atoms. The Labute approximate surface area is 163 Å². The number of ether oxygens (including phenoxy) is 3. The summed E-state index contributed by atoms with van der Waals surface area (Å²) in [5.74, 6) is -2.96. The molecule has 0 aromatic rings. The molecule has 4 atom stereocenters. The van der Waals surface area contributed by atoms with Crippen molar-refractivity contribution in [3.63, 3.8) is 0 Å². The largest absolute Gasteiger partial charge is 0.469 e. The van der Waals surface area contributed by atoms with Crippen LogP contribution >= 0.6 is 0 Å². The first-order chi connectivity index (χ1) is 13.1. The second-order valence-corrected chi connectivity index (χ2v) is 6.09. The van der Waals surface area contributed by atoms with E-state index in [1.807, 2.05) is 6.92 Å². The maximum absolute atomic E-state index is 12.3. The number of hydrogen-bond acceptors (Lipinski definition) is 8. The topological polar surface area (TPSA) is 149 Å². The summed E-state index contributed by atoms with van der Waals surface area (Å²) >= 11 is 0. The molecule has 3 N–H and O–H groups in total. The molecular weight excluding hydrogens is 374 g/mol. The van der Waals surface area contributed by atoms with E-state index in [2.05, 4.69) is 30.2 Å². The fourth-order valence-electron chi connectivity index (χ4n) is 2.12. The van der Waals surface area contributed by atoms with E-state index in [1.165, 1.54) is 14.0 Å². The van der Waals surface area contributed by atoms with Crippen molar-refractivity contribution in [3.05, 3.63) is 0 Å². The van der Waals surface area contributed by atoms with Crippen LogP contribution in [-0.2, 0) is 33.4 Å². The summed E-state index contributed by atoms with van der Waals surface area (Å²) in [5.41, 5.74) is 0. The van der Waals surface area contributed by atoms with Crippen molar-refractivity contribution in [2.45, 2.75) is 51.7 Å². The summed E-state index contributed by atoms with van der Waals surface area (Å²) in [6, 6.07) is -4.06. The van der Waals surface area contributed by atoms with Crippen LogP contribution in [0.25, 0.3) is 0 Å². The predicted octanol–water partition coefficient (Wildman–Crippen LogP) is -0.517. The second-order valence-electron chi connectivity index (χ2n) is 6.09. The van der Waals surface area contributed by atoms with E-state index in [9.17, 15) is 24.0 Å². The Morgan fingerprint density at radius 3 is 1.86 bits per heavy atom. The molecule has 0 fully saturated rings. The molecule has 0 rings (SSSR count). The van der Waals surface area contributed by atoms with Crippen molar-refractivity contribution in [1.29, 1.82) is 0 Å². The Morgan fingerprint density at radius 1 is 0.821 bits per heavy atom.